The molecule has 4 N–H and O–H groups in total. The zero-order chi connectivity index (χ0) is 23.2. The summed E-state index contributed by atoms with van der Waals surface area (Å²) in [6.07, 6.45) is 7.37. The van der Waals surface area contributed by atoms with Crippen LogP contribution in [0.25, 0.3) is 0 Å². The lowest BCUT2D eigenvalue weighted by molar-refractivity contribution is -0.121. The first-order valence-electron chi connectivity index (χ1n) is 11.2. The Labute approximate surface area is 189 Å². The Balaban J connectivity index is 1.69. The van der Waals surface area contributed by atoms with Gasteiger partial charge in [-0.2, -0.15) is 0 Å². The fourth-order valence-electron chi connectivity index (χ4n) is 3.13. The molecule has 32 heavy (non-hydrogen) atoms. The van der Waals surface area contributed by atoms with Crippen molar-refractivity contribution in [2.75, 3.05) is 18.9 Å². The molecular weight excluding hydrogens is 408 g/mol. The van der Waals surface area contributed by atoms with Gasteiger partial charge in [-0.3, -0.25) is 4.79 Å². The van der Waals surface area contributed by atoms with E-state index in [-0.39, 0.29) is 30.6 Å². The SMILES string of the molecule is CCCCCCCCC(=O)NCc1ccc(O)c(OCCOC(=O)c2ccc(N)cc2)c1. The third-order valence-corrected chi connectivity index (χ3v) is 4.99. The van der Waals surface area contributed by atoms with E-state index >= 15 is 0 Å². The summed E-state index contributed by atoms with van der Waals surface area (Å²) < 4.78 is 10.7. The van der Waals surface area contributed by atoms with E-state index in [0.29, 0.717) is 24.2 Å². The number of hydrogen-bond donors (Lipinski definition) is 3. The number of rotatable bonds is 14. The number of anilines is 1. The molecule has 0 radical (unpaired) electrons. The molecule has 0 unspecified atom stereocenters. The van der Waals surface area contributed by atoms with Crippen molar-refractivity contribution in [3.8, 4) is 11.5 Å². The van der Waals surface area contributed by atoms with Gasteiger partial charge in [0.1, 0.15) is 13.2 Å². The number of unbranched alkanes of at least 4 members (excludes halogenated alkanes) is 5. The quantitative estimate of drug-likeness (QED) is 0.224. The normalized spacial score (nSPS) is 10.5. The largest absolute Gasteiger partial charge is 0.504 e. The molecule has 0 bridgehead atoms. The van der Waals surface area contributed by atoms with Gasteiger partial charge >= 0.3 is 5.97 Å². The zero-order valence-electron chi connectivity index (χ0n) is 18.8. The lowest BCUT2D eigenvalue weighted by Gasteiger charge is -2.11. The highest BCUT2D eigenvalue weighted by atomic mass is 16.6. The van der Waals surface area contributed by atoms with Crippen LogP contribution in [0.4, 0.5) is 5.69 Å². The van der Waals surface area contributed by atoms with E-state index < -0.39 is 5.97 Å². The van der Waals surface area contributed by atoms with E-state index in [1.165, 1.54) is 31.7 Å². The second-order valence-corrected chi connectivity index (χ2v) is 7.70. The number of phenolic OH excluding ortho intramolecular Hbond substituents is 1. The lowest BCUT2D eigenvalue weighted by Crippen LogP contribution is -2.22. The molecule has 0 heterocycles. The van der Waals surface area contributed by atoms with Gasteiger partial charge in [-0.25, -0.2) is 4.79 Å². The molecular formula is C25H34N2O5. The van der Waals surface area contributed by atoms with Crippen molar-refractivity contribution in [2.24, 2.45) is 0 Å². The van der Waals surface area contributed by atoms with Crippen molar-refractivity contribution in [2.45, 2.75) is 58.4 Å². The van der Waals surface area contributed by atoms with Crippen molar-refractivity contribution in [3.05, 3.63) is 53.6 Å². The summed E-state index contributed by atoms with van der Waals surface area (Å²) in [6.45, 7) is 2.66. The van der Waals surface area contributed by atoms with E-state index in [4.69, 9.17) is 15.2 Å². The molecule has 0 saturated carbocycles. The lowest BCUT2D eigenvalue weighted by atomic mass is 10.1. The highest BCUT2D eigenvalue weighted by Gasteiger charge is 2.09. The van der Waals surface area contributed by atoms with Crippen LogP contribution in [0.2, 0.25) is 0 Å². The van der Waals surface area contributed by atoms with Crippen molar-refractivity contribution < 1.29 is 24.2 Å². The number of nitrogens with one attached hydrogen (secondary N) is 1. The molecule has 2 aromatic carbocycles. The van der Waals surface area contributed by atoms with Gasteiger partial charge in [-0.05, 0) is 48.4 Å². The van der Waals surface area contributed by atoms with Gasteiger partial charge < -0.3 is 25.6 Å². The third-order valence-electron chi connectivity index (χ3n) is 4.99. The minimum atomic E-state index is -0.473. The summed E-state index contributed by atoms with van der Waals surface area (Å²) in [5.74, 6) is -0.196. The third kappa shape index (κ3) is 9.29. The first-order valence-corrected chi connectivity index (χ1v) is 11.2. The van der Waals surface area contributed by atoms with Gasteiger partial charge in [0.05, 0.1) is 5.56 Å². The summed E-state index contributed by atoms with van der Waals surface area (Å²) in [5, 5.41) is 12.9. The summed E-state index contributed by atoms with van der Waals surface area (Å²) in [7, 11) is 0. The Morgan fingerprint density at radius 1 is 0.969 bits per heavy atom. The number of nitrogens with two attached hydrogens (primary N) is 1. The smallest absolute Gasteiger partial charge is 0.338 e. The monoisotopic (exact) mass is 442 g/mol. The van der Waals surface area contributed by atoms with Gasteiger partial charge in [0.2, 0.25) is 5.91 Å². The van der Waals surface area contributed by atoms with Crippen LogP contribution in [0, 0.1) is 0 Å². The molecule has 0 aliphatic rings. The van der Waals surface area contributed by atoms with Crippen LogP contribution >= 0.6 is 0 Å². The maximum atomic E-state index is 12.0. The number of aromatic hydroxyl groups is 1. The highest BCUT2D eigenvalue weighted by Crippen LogP contribution is 2.26. The number of ether oxygens (including phenoxy) is 2. The second-order valence-electron chi connectivity index (χ2n) is 7.70. The van der Waals surface area contributed by atoms with Crippen LogP contribution in [-0.2, 0) is 16.1 Å². The Morgan fingerprint density at radius 2 is 1.69 bits per heavy atom. The van der Waals surface area contributed by atoms with E-state index in [1.54, 1.807) is 36.4 Å². The van der Waals surface area contributed by atoms with Crippen LogP contribution < -0.4 is 15.8 Å². The molecule has 7 heteroatoms. The van der Waals surface area contributed by atoms with Gasteiger partial charge in [-0.15, -0.1) is 0 Å². The standard InChI is InChI=1S/C25H34N2O5/c1-2-3-4-5-6-7-8-24(29)27-18-19-9-14-22(28)23(17-19)31-15-16-32-25(30)20-10-12-21(26)13-11-20/h9-14,17,28H,2-8,15-16,18,26H2,1H3,(H,27,29). The summed E-state index contributed by atoms with van der Waals surface area (Å²) in [5.41, 5.74) is 7.38. The van der Waals surface area contributed by atoms with Crippen molar-refractivity contribution in [1.82, 2.24) is 5.32 Å². The number of amides is 1. The van der Waals surface area contributed by atoms with E-state index in [2.05, 4.69) is 12.2 Å². The molecule has 0 spiro atoms. The first kappa shape index (κ1) is 25.0. The number of phenols is 1. The van der Waals surface area contributed by atoms with Crippen LogP contribution in [0.15, 0.2) is 42.5 Å². The Hall–Kier alpha value is -3.22. The van der Waals surface area contributed by atoms with Crippen LogP contribution in [0.1, 0.15) is 67.8 Å². The molecule has 174 valence electrons. The molecule has 1 amide bonds. The summed E-state index contributed by atoms with van der Waals surface area (Å²) in [6, 6.07) is 11.4. The fraction of sp³-hybridized carbons (Fsp3) is 0.440. The molecule has 0 aliphatic heterocycles. The number of esters is 1. The zero-order valence-corrected chi connectivity index (χ0v) is 18.8. The number of hydrogen-bond acceptors (Lipinski definition) is 6. The first-order chi connectivity index (χ1) is 15.5. The van der Waals surface area contributed by atoms with E-state index in [1.807, 2.05) is 0 Å². The number of nitrogen functional groups attached to an aromatic ring is 1. The Morgan fingerprint density at radius 3 is 2.44 bits per heavy atom. The van der Waals surface area contributed by atoms with Crippen LogP contribution in [0.3, 0.4) is 0 Å². The summed E-state index contributed by atoms with van der Waals surface area (Å²) in [4.78, 5) is 24.0. The predicted molar refractivity (Wildman–Crippen MR) is 125 cm³/mol. The van der Waals surface area contributed by atoms with Crippen LogP contribution in [-0.4, -0.2) is 30.2 Å². The molecule has 2 aromatic rings. The maximum Gasteiger partial charge on any atom is 0.338 e. The Bertz CT molecular complexity index is 852. The van der Waals surface area contributed by atoms with E-state index in [0.717, 1.165) is 18.4 Å². The maximum absolute atomic E-state index is 12.0. The Kier molecular flexibility index (Phi) is 10.9. The molecule has 0 aliphatic carbocycles. The van der Waals surface area contributed by atoms with Crippen molar-refractivity contribution in [1.29, 1.82) is 0 Å². The average Bonchev–Trinajstić information content (AvgIpc) is 2.79. The van der Waals surface area contributed by atoms with E-state index in [9.17, 15) is 14.7 Å². The van der Waals surface area contributed by atoms with Gasteiger partial charge in [0.25, 0.3) is 0 Å². The van der Waals surface area contributed by atoms with Gasteiger partial charge in [0, 0.05) is 18.7 Å². The number of carbonyl (C=O) groups is 2. The molecule has 2 rings (SSSR count). The number of carbonyl (C=O) groups excluding carboxylic acids is 2. The molecule has 0 fully saturated rings. The molecule has 0 saturated heterocycles. The minimum absolute atomic E-state index is 0.0167. The van der Waals surface area contributed by atoms with Crippen molar-refractivity contribution >= 4 is 17.6 Å². The van der Waals surface area contributed by atoms with Gasteiger partial charge in [-0.1, -0.05) is 45.1 Å². The summed E-state index contributed by atoms with van der Waals surface area (Å²) >= 11 is 0. The molecule has 7 nitrogen and oxygen atoms in total. The average molecular weight is 443 g/mol. The van der Waals surface area contributed by atoms with Crippen LogP contribution in [0.5, 0.6) is 11.5 Å². The fourth-order valence-corrected chi connectivity index (χ4v) is 3.13. The second kappa shape index (κ2) is 14.0. The van der Waals surface area contributed by atoms with Gasteiger partial charge in [0.15, 0.2) is 11.5 Å². The predicted octanol–water partition coefficient (Wildman–Crippen LogP) is 4.58. The molecule has 0 atom stereocenters. The minimum Gasteiger partial charge on any atom is -0.504 e. The highest BCUT2D eigenvalue weighted by molar-refractivity contribution is 5.89. The van der Waals surface area contributed by atoms with Crippen molar-refractivity contribution in [3.63, 3.8) is 0 Å². The number of benzene rings is 2. The topological polar surface area (TPSA) is 111 Å². The molecule has 0 aromatic heterocycles.